The molecule has 2 aliphatic rings. The molecule has 8 nitrogen and oxygen atoms in total. The van der Waals surface area contributed by atoms with E-state index in [4.69, 9.17) is 9.47 Å². The van der Waals surface area contributed by atoms with E-state index in [0.29, 0.717) is 41.5 Å². The van der Waals surface area contributed by atoms with Crippen LogP contribution in [0.1, 0.15) is 41.2 Å². The number of methoxy groups -OCH3 is 1. The van der Waals surface area contributed by atoms with E-state index >= 15 is 0 Å². The van der Waals surface area contributed by atoms with Crippen LogP contribution in [-0.4, -0.2) is 49.2 Å². The Balaban J connectivity index is 1.69. The third-order valence-corrected chi connectivity index (χ3v) is 6.33. The maximum atomic E-state index is 14.4. The lowest BCUT2D eigenvalue weighted by atomic mass is 9.93. The molecule has 2 aliphatic heterocycles. The minimum Gasteiger partial charge on any atom is -0.492 e. The van der Waals surface area contributed by atoms with E-state index in [2.05, 4.69) is 25.9 Å². The summed E-state index contributed by atoms with van der Waals surface area (Å²) < 4.78 is 25.8. The molecule has 2 aromatic heterocycles. The number of carbonyl (C=O) groups excluding carboxylic acids is 1. The van der Waals surface area contributed by atoms with E-state index in [-0.39, 0.29) is 17.6 Å². The number of H-pyrrole nitrogens is 1. The molecule has 0 spiro atoms. The Labute approximate surface area is 197 Å². The number of ether oxygens (including phenoxy) is 2. The first-order valence-corrected chi connectivity index (χ1v) is 11.6. The highest BCUT2D eigenvalue weighted by Crippen LogP contribution is 2.44. The molecule has 4 heterocycles. The molecule has 0 saturated heterocycles. The molecular weight excluding hydrogens is 437 g/mol. The van der Waals surface area contributed by atoms with Crippen molar-refractivity contribution in [3.63, 3.8) is 0 Å². The van der Waals surface area contributed by atoms with Gasteiger partial charge >= 0.3 is 0 Å². The Morgan fingerprint density at radius 2 is 2.15 bits per heavy atom. The maximum absolute atomic E-state index is 14.4. The van der Waals surface area contributed by atoms with Gasteiger partial charge in [0.15, 0.2) is 11.6 Å². The van der Waals surface area contributed by atoms with Gasteiger partial charge in [0.1, 0.15) is 5.75 Å². The van der Waals surface area contributed by atoms with E-state index in [1.807, 2.05) is 6.07 Å². The van der Waals surface area contributed by atoms with Crippen LogP contribution in [-0.2, 0) is 0 Å². The fourth-order valence-electron chi connectivity index (χ4n) is 4.63. The second-order valence-corrected chi connectivity index (χ2v) is 8.48. The molecule has 1 atom stereocenters. The molecule has 9 heteroatoms. The number of aromatic amines is 1. The minimum atomic E-state index is -0.488. The number of hydrogen-bond acceptors (Lipinski definition) is 6. The van der Waals surface area contributed by atoms with E-state index in [9.17, 15) is 9.18 Å². The van der Waals surface area contributed by atoms with Gasteiger partial charge in [0, 0.05) is 29.9 Å². The third-order valence-electron chi connectivity index (χ3n) is 6.33. The van der Waals surface area contributed by atoms with Gasteiger partial charge in [-0.2, -0.15) is 0 Å². The first kappa shape index (κ1) is 22.2. The Hall–Kier alpha value is -3.59. The van der Waals surface area contributed by atoms with Crippen LogP contribution in [0.2, 0.25) is 0 Å². The van der Waals surface area contributed by atoms with Crippen LogP contribution >= 0.6 is 0 Å². The van der Waals surface area contributed by atoms with E-state index < -0.39 is 5.82 Å². The van der Waals surface area contributed by atoms with Crippen LogP contribution in [0, 0.1) is 5.82 Å². The number of nitrogens with one attached hydrogen (secondary N) is 4. The van der Waals surface area contributed by atoms with Crippen molar-refractivity contribution in [2.75, 3.05) is 38.7 Å². The van der Waals surface area contributed by atoms with Crippen LogP contribution in [0.25, 0.3) is 11.3 Å². The maximum Gasteiger partial charge on any atom is 0.255 e. The van der Waals surface area contributed by atoms with Crippen molar-refractivity contribution in [3.8, 4) is 22.8 Å². The summed E-state index contributed by atoms with van der Waals surface area (Å²) in [4.78, 5) is 20.9. The lowest BCUT2D eigenvalue weighted by molar-refractivity contribution is 0.0940. The standard InChI is InChI=1S/C25H28FN5O3/c1-33-24-17(26)5-4-6-18(24)30-23-20-21-15(13-29-25(20)32)7-10-27-9-2-3-12-34-19-14-28-11-8-16(19)22(23)31-21/h4-6,8,11,14-15,27,30-31H,2-3,7,9-10,12-13H2,1H3,(H,29,32). The first-order valence-electron chi connectivity index (χ1n) is 11.6. The summed E-state index contributed by atoms with van der Waals surface area (Å²) in [7, 11) is 1.42. The van der Waals surface area contributed by atoms with Crippen LogP contribution in [0.4, 0.5) is 15.8 Å². The first-order chi connectivity index (χ1) is 16.7. The van der Waals surface area contributed by atoms with Gasteiger partial charge in [-0.1, -0.05) is 6.07 Å². The van der Waals surface area contributed by atoms with Crippen molar-refractivity contribution >= 4 is 17.3 Å². The highest BCUT2D eigenvalue weighted by Gasteiger charge is 2.33. The number of carbonyl (C=O) groups is 1. The van der Waals surface area contributed by atoms with E-state index in [1.54, 1.807) is 24.5 Å². The number of benzene rings is 1. The molecule has 0 fully saturated rings. The fraction of sp³-hybridized carbons (Fsp3) is 0.360. The zero-order valence-electron chi connectivity index (χ0n) is 19.0. The minimum absolute atomic E-state index is 0.0810. The Kier molecular flexibility index (Phi) is 6.35. The SMILES string of the molecule is COc1c(F)cccc1Nc1c2[nH]c3c1C(=O)NCC3CCNCCCCOc1cnccc1-2. The summed E-state index contributed by atoms with van der Waals surface area (Å²) >= 11 is 0. The van der Waals surface area contributed by atoms with Gasteiger partial charge in [0.25, 0.3) is 5.91 Å². The molecule has 4 N–H and O–H groups in total. The Bertz CT molecular complexity index is 1200. The number of anilines is 2. The molecule has 5 rings (SSSR count). The van der Waals surface area contributed by atoms with Crippen molar-refractivity contribution in [1.82, 2.24) is 20.6 Å². The average Bonchev–Trinajstić information content (AvgIpc) is 3.22. The van der Waals surface area contributed by atoms with Gasteiger partial charge in [-0.3, -0.25) is 9.78 Å². The van der Waals surface area contributed by atoms with Crippen LogP contribution in [0.5, 0.6) is 11.5 Å². The highest BCUT2D eigenvalue weighted by atomic mass is 19.1. The van der Waals surface area contributed by atoms with Gasteiger partial charge in [-0.15, -0.1) is 0 Å². The average molecular weight is 466 g/mol. The normalized spacial score (nSPS) is 18.2. The summed E-state index contributed by atoms with van der Waals surface area (Å²) in [6, 6.07) is 6.52. The number of fused-ring (bicyclic) bond motifs is 3. The Morgan fingerprint density at radius 1 is 1.24 bits per heavy atom. The summed E-state index contributed by atoms with van der Waals surface area (Å²) in [6.45, 7) is 2.87. The lowest BCUT2D eigenvalue weighted by Gasteiger charge is -2.24. The zero-order chi connectivity index (χ0) is 23.5. The van der Waals surface area contributed by atoms with Crippen molar-refractivity contribution in [1.29, 1.82) is 0 Å². The van der Waals surface area contributed by atoms with Gasteiger partial charge < -0.3 is 30.4 Å². The molecule has 3 aromatic rings. The smallest absolute Gasteiger partial charge is 0.255 e. The number of amides is 1. The van der Waals surface area contributed by atoms with Crippen molar-refractivity contribution in [2.45, 2.75) is 25.2 Å². The zero-order valence-corrected chi connectivity index (χ0v) is 19.0. The molecule has 0 radical (unpaired) electrons. The van der Waals surface area contributed by atoms with Crippen molar-refractivity contribution in [3.05, 3.63) is 53.7 Å². The number of para-hydroxylation sites is 1. The lowest BCUT2D eigenvalue weighted by Crippen LogP contribution is -2.36. The van der Waals surface area contributed by atoms with Gasteiger partial charge in [-0.25, -0.2) is 4.39 Å². The number of rotatable bonds is 3. The monoisotopic (exact) mass is 465 g/mol. The molecule has 1 amide bonds. The summed E-state index contributed by atoms with van der Waals surface area (Å²) in [6.07, 6.45) is 6.17. The van der Waals surface area contributed by atoms with E-state index in [0.717, 1.165) is 43.6 Å². The quantitative estimate of drug-likeness (QED) is 0.468. The predicted molar refractivity (Wildman–Crippen MR) is 128 cm³/mol. The second kappa shape index (κ2) is 9.72. The molecule has 2 bridgehead atoms. The Morgan fingerprint density at radius 3 is 3.03 bits per heavy atom. The number of hydrogen-bond donors (Lipinski definition) is 4. The molecule has 0 aliphatic carbocycles. The largest absolute Gasteiger partial charge is 0.492 e. The van der Waals surface area contributed by atoms with Crippen LogP contribution in [0.15, 0.2) is 36.7 Å². The number of halogens is 1. The molecule has 1 unspecified atom stereocenters. The van der Waals surface area contributed by atoms with Crippen LogP contribution < -0.4 is 25.4 Å². The highest BCUT2D eigenvalue weighted by molar-refractivity contribution is 6.07. The molecule has 34 heavy (non-hydrogen) atoms. The van der Waals surface area contributed by atoms with Gasteiger partial charge in [0.05, 0.1) is 42.5 Å². The summed E-state index contributed by atoms with van der Waals surface area (Å²) in [5, 5.41) is 9.80. The van der Waals surface area contributed by atoms with Crippen molar-refractivity contribution < 1.29 is 18.7 Å². The van der Waals surface area contributed by atoms with E-state index in [1.165, 1.54) is 13.2 Å². The summed E-state index contributed by atoms with van der Waals surface area (Å²) in [5.41, 5.74) is 3.84. The second-order valence-electron chi connectivity index (χ2n) is 8.48. The number of aromatic nitrogens is 2. The van der Waals surface area contributed by atoms with Gasteiger partial charge in [-0.05, 0) is 50.6 Å². The molecular formula is C25H28FN5O3. The topological polar surface area (TPSA) is 100 Å². The predicted octanol–water partition coefficient (Wildman–Crippen LogP) is 3.95. The molecule has 0 saturated carbocycles. The molecule has 178 valence electrons. The molecule has 1 aromatic carbocycles. The van der Waals surface area contributed by atoms with Crippen LogP contribution in [0.3, 0.4) is 0 Å². The fourth-order valence-corrected chi connectivity index (χ4v) is 4.63. The third kappa shape index (κ3) is 4.19. The number of nitrogens with zero attached hydrogens (tertiary/aromatic N) is 1. The van der Waals surface area contributed by atoms with Crippen molar-refractivity contribution in [2.24, 2.45) is 0 Å². The number of pyridine rings is 1. The van der Waals surface area contributed by atoms with Gasteiger partial charge in [0.2, 0.25) is 0 Å². The summed E-state index contributed by atoms with van der Waals surface area (Å²) in [5.74, 6) is 0.145.